The summed E-state index contributed by atoms with van der Waals surface area (Å²) in [6, 6.07) is 12.6. The van der Waals surface area contributed by atoms with Crippen molar-refractivity contribution in [3.63, 3.8) is 0 Å². The minimum atomic E-state index is -4.53. The average molecular weight is 465 g/mol. The van der Waals surface area contributed by atoms with E-state index in [2.05, 4.69) is 15.7 Å². The van der Waals surface area contributed by atoms with Gasteiger partial charge in [-0.1, -0.05) is 35.9 Å². The molecule has 0 saturated carbocycles. The Morgan fingerprint density at radius 2 is 2.00 bits per heavy atom. The number of halogens is 4. The molecule has 0 aliphatic carbocycles. The molecule has 0 saturated heterocycles. The van der Waals surface area contributed by atoms with Gasteiger partial charge in [0.25, 0.3) is 5.91 Å². The average Bonchev–Trinajstić information content (AvgIpc) is 3.20. The van der Waals surface area contributed by atoms with Crippen molar-refractivity contribution in [2.24, 2.45) is 0 Å². The Hall–Kier alpha value is -3.20. The number of anilines is 1. The number of nitrogens with one attached hydrogen (secondary N) is 2. The number of fused-ring (bicyclic) bond motifs is 1. The second-order valence-electron chi connectivity index (χ2n) is 7.44. The largest absolute Gasteiger partial charge is 0.497 e. The van der Waals surface area contributed by atoms with Crippen LogP contribution < -0.4 is 15.4 Å². The van der Waals surface area contributed by atoms with Gasteiger partial charge in [-0.3, -0.25) is 4.79 Å². The van der Waals surface area contributed by atoms with Crippen LogP contribution in [-0.4, -0.2) is 29.0 Å². The van der Waals surface area contributed by atoms with Gasteiger partial charge in [-0.25, -0.2) is 4.68 Å². The summed E-state index contributed by atoms with van der Waals surface area (Å²) in [7, 11) is 1.52. The molecule has 2 N–H and O–H groups in total. The number of nitrogens with zero attached hydrogens (tertiary/aromatic N) is 2. The van der Waals surface area contributed by atoms with Crippen LogP contribution in [0.5, 0.6) is 5.75 Å². The van der Waals surface area contributed by atoms with Crippen LogP contribution in [0.15, 0.2) is 54.6 Å². The molecule has 2 unspecified atom stereocenters. The Balaban J connectivity index is 1.56. The summed E-state index contributed by atoms with van der Waals surface area (Å²) in [4.78, 5) is 12.6. The minimum Gasteiger partial charge on any atom is -0.497 e. The zero-order chi connectivity index (χ0) is 22.9. The lowest BCUT2D eigenvalue weighted by atomic mass is 9.97. The van der Waals surface area contributed by atoms with Gasteiger partial charge in [-0.05, 0) is 35.4 Å². The fourth-order valence-electron chi connectivity index (χ4n) is 3.66. The highest BCUT2D eigenvalue weighted by molar-refractivity contribution is 6.30. The van der Waals surface area contributed by atoms with E-state index in [1.54, 1.807) is 48.5 Å². The van der Waals surface area contributed by atoms with Crippen molar-refractivity contribution in [3.05, 3.63) is 76.4 Å². The van der Waals surface area contributed by atoms with Crippen LogP contribution in [0, 0.1) is 0 Å². The number of alkyl halides is 3. The normalized spacial score (nSPS) is 17.9. The van der Waals surface area contributed by atoms with E-state index in [-0.39, 0.29) is 24.5 Å². The van der Waals surface area contributed by atoms with Crippen molar-refractivity contribution < 1.29 is 22.7 Å². The van der Waals surface area contributed by atoms with Gasteiger partial charge in [-0.15, -0.1) is 0 Å². The fraction of sp³-hybridized carbons (Fsp3) is 0.273. The smallest absolute Gasteiger partial charge is 0.410 e. The molecule has 0 fully saturated rings. The molecule has 1 aliphatic heterocycles. The lowest BCUT2D eigenvalue weighted by Crippen LogP contribution is -2.35. The SMILES string of the molecule is COc1ccc(C2CC(C(F)(F)F)n3nc(C(=O)NCc4cccc(Cl)c4)cc3N2)cc1. The van der Waals surface area contributed by atoms with Gasteiger partial charge in [0.1, 0.15) is 11.6 Å². The highest BCUT2D eigenvalue weighted by Gasteiger charge is 2.46. The number of hydrogen-bond donors (Lipinski definition) is 2. The molecule has 1 aliphatic rings. The van der Waals surface area contributed by atoms with Crippen LogP contribution >= 0.6 is 11.6 Å². The third kappa shape index (κ3) is 4.67. The summed E-state index contributed by atoms with van der Waals surface area (Å²) in [5.41, 5.74) is 1.35. The van der Waals surface area contributed by atoms with E-state index in [0.29, 0.717) is 16.3 Å². The molecule has 3 aromatic rings. The van der Waals surface area contributed by atoms with Crippen LogP contribution in [0.1, 0.15) is 40.1 Å². The molecular weight excluding hydrogens is 445 g/mol. The van der Waals surface area contributed by atoms with Gasteiger partial charge < -0.3 is 15.4 Å². The molecule has 4 rings (SSSR count). The zero-order valence-electron chi connectivity index (χ0n) is 17.0. The second kappa shape index (κ2) is 8.74. The van der Waals surface area contributed by atoms with Gasteiger partial charge in [0.05, 0.1) is 13.2 Å². The van der Waals surface area contributed by atoms with E-state index in [9.17, 15) is 18.0 Å². The van der Waals surface area contributed by atoms with Crippen LogP contribution in [0.3, 0.4) is 0 Å². The van der Waals surface area contributed by atoms with Gasteiger partial charge in [0.2, 0.25) is 0 Å². The van der Waals surface area contributed by atoms with E-state index >= 15 is 0 Å². The van der Waals surface area contributed by atoms with Crippen molar-refractivity contribution in [3.8, 4) is 5.75 Å². The van der Waals surface area contributed by atoms with Crippen molar-refractivity contribution in [2.45, 2.75) is 31.2 Å². The number of hydrogen-bond acceptors (Lipinski definition) is 4. The van der Waals surface area contributed by atoms with Crippen molar-refractivity contribution >= 4 is 23.3 Å². The van der Waals surface area contributed by atoms with Crippen LogP contribution in [0.25, 0.3) is 0 Å². The topological polar surface area (TPSA) is 68.2 Å². The van der Waals surface area contributed by atoms with E-state index in [1.807, 2.05) is 0 Å². The number of methoxy groups -OCH3 is 1. The molecule has 168 valence electrons. The highest BCUT2D eigenvalue weighted by Crippen LogP contribution is 2.43. The Morgan fingerprint density at radius 3 is 2.66 bits per heavy atom. The zero-order valence-corrected chi connectivity index (χ0v) is 17.7. The summed E-state index contributed by atoms with van der Waals surface area (Å²) < 4.78 is 47.4. The molecule has 2 heterocycles. The predicted molar refractivity (Wildman–Crippen MR) is 114 cm³/mol. The molecule has 2 atom stereocenters. The standard InChI is InChI=1S/C22H20ClF3N4O2/c1-32-16-7-5-14(6-8-16)17-10-19(22(24,25)26)30-20(28-17)11-18(29-30)21(31)27-12-13-3-2-4-15(23)9-13/h2-9,11,17,19,28H,10,12H2,1H3,(H,27,31). The van der Waals surface area contributed by atoms with Gasteiger partial charge in [-0.2, -0.15) is 18.3 Å². The molecule has 6 nitrogen and oxygen atoms in total. The van der Waals surface area contributed by atoms with E-state index in [4.69, 9.17) is 16.3 Å². The quantitative estimate of drug-likeness (QED) is 0.549. The number of aromatic nitrogens is 2. The van der Waals surface area contributed by atoms with Crippen LogP contribution in [-0.2, 0) is 6.54 Å². The monoisotopic (exact) mass is 464 g/mol. The summed E-state index contributed by atoms with van der Waals surface area (Å²) in [5, 5.41) is 10.2. The first-order valence-corrected chi connectivity index (χ1v) is 10.2. The van der Waals surface area contributed by atoms with E-state index in [0.717, 1.165) is 10.2 Å². The van der Waals surface area contributed by atoms with Crippen LogP contribution in [0.2, 0.25) is 5.02 Å². The number of benzene rings is 2. The Morgan fingerprint density at radius 1 is 1.25 bits per heavy atom. The first-order valence-electron chi connectivity index (χ1n) is 9.84. The summed E-state index contributed by atoms with van der Waals surface area (Å²) in [5.74, 6) is 0.170. The highest BCUT2D eigenvalue weighted by atomic mass is 35.5. The first-order chi connectivity index (χ1) is 15.2. The lowest BCUT2D eigenvalue weighted by Gasteiger charge is -2.33. The molecule has 32 heavy (non-hydrogen) atoms. The molecule has 1 aromatic heterocycles. The van der Waals surface area contributed by atoms with Gasteiger partial charge in [0, 0.05) is 24.1 Å². The number of carbonyl (C=O) groups is 1. The van der Waals surface area contributed by atoms with Crippen LogP contribution in [0.4, 0.5) is 19.0 Å². The van der Waals surface area contributed by atoms with Crippen molar-refractivity contribution in [2.75, 3.05) is 12.4 Å². The molecule has 10 heteroatoms. The third-order valence-corrected chi connectivity index (χ3v) is 5.52. The Kier molecular flexibility index (Phi) is 6.01. The molecule has 0 spiro atoms. The lowest BCUT2D eigenvalue weighted by molar-refractivity contribution is -0.173. The predicted octanol–water partition coefficient (Wildman–Crippen LogP) is 5.14. The molecule has 2 aromatic carbocycles. The molecule has 0 radical (unpaired) electrons. The number of carbonyl (C=O) groups excluding carboxylic acids is 1. The fourth-order valence-corrected chi connectivity index (χ4v) is 3.87. The summed E-state index contributed by atoms with van der Waals surface area (Å²) in [6.07, 6.45) is -4.78. The summed E-state index contributed by atoms with van der Waals surface area (Å²) >= 11 is 5.94. The molecule has 0 bridgehead atoms. The second-order valence-corrected chi connectivity index (χ2v) is 7.87. The van der Waals surface area contributed by atoms with Crippen molar-refractivity contribution in [1.29, 1.82) is 0 Å². The Bertz CT molecular complexity index is 1120. The number of amides is 1. The van der Waals surface area contributed by atoms with E-state index < -0.39 is 24.2 Å². The maximum absolute atomic E-state index is 13.8. The van der Waals surface area contributed by atoms with Crippen molar-refractivity contribution in [1.82, 2.24) is 15.1 Å². The maximum Gasteiger partial charge on any atom is 0.410 e. The Labute approximate surface area is 187 Å². The molecular formula is C22H20ClF3N4O2. The third-order valence-electron chi connectivity index (χ3n) is 5.28. The molecule has 1 amide bonds. The number of rotatable bonds is 5. The van der Waals surface area contributed by atoms with Gasteiger partial charge in [0.15, 0.2) is 11.7 Å². The summed E-state index contributed by atoms with van der Waals surface area (Å²) in [6.45, 7) is 0.173. The minimum absolute atomic E-state index is 0.0980. The first kappa shape index (κ1) is 22.0. The van der Waals surface area contributed by atoms with Gasteiger partial charge >= 0.3 is 6.18 Å². The maximum atomic E-state index is 13.8. The van der Waals surface area contributed by atoms with E-state index in [1.165, 1.54) is 13.2 Å². The number of ether oxygens (including phenoxy) is 1.